The Morgan fingerprint density at radius 1 is 0.903 bits per heavy atom. The molecule has 2 aromatic carbocycles. The van der Waals surface area contributed by atoms with Gasteiger partial charge in [-0.1, -0.05) is 26.0 Å². The van der Waals surface area contributed by atoms with Gasteiger partial charge in [0.15, 0.2) is 0 Å². The summed E-state index contributed by atoms with van der Waals surface area (Å²) in [4.78, 5) is 24.3. The van der Waals surface area contributed by atoms with Crippen molar-refractivity contribution in [1.29, 1.82) is 0 Å². The number of aryl methyl sites for hydroxylation is 1. The highest BCUT2D eigenvalue weighted by Gasteiger charge is 2.27. The minimum atomic E-state index is -3.46. The third kappa shape index (κ3) is 7.48. The number of rotatable bonds is 10. The molecular formula is C23H29N3O4S. The van der Waals surface area contributed by atoms with E-state index in [2.05, 4.69) is 15.4 Å². The molecule has 0 heterocycles. The Hall–Kier alpha value is -2.71. The van der Waals surface area contributed by atoms with Crippen molar-refractivity contribution in [3.63, 3.8) is 0 Å². The highest BCUT2D eigenvalue weighted by atomic mass is 32.2. The number of benzene rings is 2. The van der Waals surface area contributed by atoms with E-state index in [0.29, 0.717) is 30.1 Å². The predicted molar refractivity (Wildman–Crippen MR) is 121 cm³/mol. The molecule has 1 fully saturated rings. The van der Waals surface area contributed by atoms with E-state index in [1.165, 1.54) is 0 Å². The zero-order chi connectivity index (χ0) is 22.4. The summed E-state index contributed by atoms with van der Waals surface area (Å²) < 4.78 is 27.0. The average Bonchev–Trinajstić information content (AvgIpc) is 3.51. The molecule has 1 aliphatic carbocycles. The van der Waals surface area contributed by atoms with Crippen LogP contribution in [0.3, 0.4) is 0 Å². The molecule has 166 valence electrons. The molecule has 0 atom stereocenters. The van der Waals surface area contributed by atoms with Crippen LogP contribution in [-0.2, 0) is 26.0 Å². The normalized spacial score (nSPS) is 13.8. The van der Waals surface area contributed by atoms with Crippen LogP contribution in [0.4, 0.5) is 11.4 Å². The van der Waals surface area contributed by atoms with Crippen molar-refractivity contribution >= 4 is 33.2 Å². The number of hydrogen-bond donors (Lipinski definition) is 3. The van der Waals surface area contributed by atoms with Crippen molar-refractivity contribution in [2.75, 3.05) is 10.6 Å². The molecule has 0 bridgehead atoms. The SMILES string of the molecule is CC(C)CC(=O)Nc1ccc(NC(=O)CCc2ccc(S(=O)(=O)NC3CC3)cc2)cc1. The minimum absolute atomic E-state index is 0.0334. The van der Waals surface area contributed by atoms with Gasteiger partial charge in [0.05, 0.1) is 4.90 Å². The summed E-state index contributed by atoms with van der Waals surface area (Å²) in [7, 11) is -3.46. The third-order valence-corrected chi connectivity index (χ3v) is 6.36. The molecule has 1 aliphatic rings. The molecule has 2 amide bonds. The first-order valence-electron chi connectivity index (χ1n) is 10.5. The van der Waals surface area contributed by atoms with Crippen molar-refractivity contribution in [3.05, 3.63) is 54.1 Å². The molecule has 1 saturated carbocycles. The number of nitrogens with one attached hydrogen (secondary N) is 3. The van der Waals surface area contributed by atoms with Gasteiger partial charge in [0.2, 0.25) is 21.8 Å². The Balaban J connectivity index is 1.46. The lowest BCUT2D eigenvalue weighted by molar-refractivity contribution is -0.117. The van der Waals surface area contributed by atoms with Crippen molar-refractivity contribution < 1.29 is 18.0 Å². The Morgan fingerprint density at radius 3 is 1.97 bits per heavy atom. The van der Waals surface area contributed by atoms with Gasteiger partial charge in [-0.2, -0.15) is 0 Å². The fourth-order valence-electron chi connectivity index (χ4n) is 3.02. The quantitative estimate of drug-likeness (QED) is 0.521. The fraction of sp³-hybridized carbons (Fsp3) is 0.391. The maximum Gasteiger partial charge on any atom is 0.240 e. The Bertz CT molecular complexity index is 1010. The molecule has 3 rings (SSSR count). The summed E-state index contributed by atoms with van der Waals surface area (Å²) in [6, 6.07) is 13.7. The van der Waals surface area contributed by atoms with E-state index >= 15 is 0 Å². The lowest BCUT2D eigenvalue weighted by atomic mass is 10.1. The van der Waals surface area contributed by atoms with Crippen molar-refractivity contribution in [2.45, 2.75) is 56.9 Å². The number of anilines is 2. The van der Waals surface area contributed by atoms with Gasteiger partial charge in [-0.15, -0.1) is 0 Å². The maximum atomic E-state index is 12.2. The molecule has 2 aromatic rings. The Kier molecular flexibility index (Phi) is 7.46. The van der Waals surface area contributed by atoms with Crippen molar-refractivity contribution in [1.82, 2.24) is 4.72 Å². The molecule has 0 aromatic heterocycles. The van der Waals surface area contributed by atoms with E-state index in [1.807, 2.05) is 13.8 Å². The van der Waals surface area contributed by atoms with Gasteiger partial charge < -0.3 is 10.6 Å². The lowest BCUT2D eigenvalue weighted by Crippen LogP contribution is -2.25. The van der Waals surface area contributed by atoms with Crippen molar-refractivity contribution in [3.8, 4) is 0 Å². The van der Waals surface area contributed by atoms with Gasteiger partial charge >= 0.3 is 0 Å². The fourth-order valence-corrected chi connectivity index (χ4v) is 4.33. The molecule has 0 unspecified atom stereocenters. The second kappa shape index (κ2) is 10.1. The first-order valence-corrected chi connectivity index (χ1v) is 12.0. The van der Waals surface area contributed by atoms with Crippen LogP contribution in [-0.4, -0.2) is 26.3 Å². The topological polar surface area (TPSA) is 104 Å². The zero-order valence-corrected chi connectivity index (χ0v) is 18.7. The van der Waals surface area contributed by atoms with E-state index in [1.54, 1.807) is 48.5 Å². The number of hydrogen-bond acceptors (Lipinski definition) is 4. The molecule has 7 nitrogen and oxygen atoms in total. The van der Waals surface area contributed by atoms with Gasteiger partial charge in [-0.05, 0) is 67.1 Å². The summed E-state index contributed by atoms with van der Waals surface area (Å²) in [6.07, 6.45) is 3.02. The zero-order valence-electron chi connectivity index (χ0n) is 17.9. The molecule has 0 radical (unpaired) electrons. The molecule has 8 heteroatoms. The molecule has 0 saturated heterocycles. The van der Waals surface area contributed by atoms with E-state index in [-0.39, 0.29) is 29.2 Å². The molecule has 0 spiro atoms. The van der Waals surface area contributed by atoms with Crippen LogP contribution in [0, 0.1) is 5.92 Å². The van der Waals surface area contributed by atoms with Crippen LogP contribution in [0.1, 0.15) is 45.1 Å². The molecule has 0 aliphatic heterocycles. The van der Waals surface area contributed by atoms with Crippen LogP contribution in [0.15, 0.2) is 53.4 Å². The van der Waals surface area contributed by atoms with E-state index < -0.39 is 10.0 Å². The standard InChI is InChI=1S/C23H29N3O4S/c1-16(2)15-23(28)25-19-8-6-18(7-9-19)24-22(27)14-5-17-3-12-21(13-4-17)31(29,30)26-20-10-11-20/h3-4,6-9,12-13,16,20,26H,5,10-11,14-15H2,1-2H3,(H,24,27)(H,25,28). The predicted octanol–water partition coefficient (Wildman–Crippen LogP) is 3.68. The molecule has 3 N–H and O–H groups in total. The molecule has 31 heavy (non-hydrogen) atoms. The van der Waals surface area contributed by atoms with E-state index in [9.17, 15) is 18.0 Å². The Labute approximate surface area is 183 Å². The average molecular weight is 444 g/mol. The van der Waals surface area contributed by atoms with Crippen LogP contribution in [0.2, 0.25) is 0 Å². The van der Waals surface area contributed by atoms with Crippen LogP contribution in [0.25, 0.3) is 0 Å². The molecular weight excluding hydrogens is 414 g/mol. The summed E-state index contributed by atoms with van der Waals surface area (Å²) in [6.45, 7) is 3.97. The monoisotopic (exact) mass is 443 g/mol. The minimum Gasteiger partial charge on any atom is -0.326 e. The number of amides is 2. The highest BCUT2D eigenvalue weighted by molar-refractivity contribution is 7.89. The first kappa shape index (κ1) is 23.0. The number of sulfonamides is 1. The summed E-state index contributed by atoms with van der Waals surface area (Å²) in [5.74, 6) is 0.121. The number of carbonyl (C=O) groups excluding carboxylic acids is 2. The van der Waals surface area contributed by atoms with Crippen LogP contribution >= 0.6 is 0 Å². The van der Waals surface area contributed by atoms with E-state index in [0.717, 1.165) is 18.4 Å². The van der Waals surface area contributed by atoms with Gasteiger partial charge in [0, 0.05) is 30.3 Å². The first-order chi connectivity index (χ1) is 14.7. The smallest absolute Gasteiger partial charge is 0.240 e. The maximum absolute atomic E-state index is 12.2. The summed E-state index contributed by atoms with van der Waals surface area (Å²) >= 11 is 0. The van der Waals surface area contributed by atoms with Gasteiger partial charge in [0.1, 0.15) is 0 Å². The van der Waals surface area contributed by atoms with Crippen molar-refractivity contribution in [2.24, 2.45) is 5.92 Å². The van der Waals surface area contributed by atoms with Crippen LogP contribution < -0.4 is 15.4 Å². The summed E-state index contributed by atoms with van der Waals surface area (Å²) in [5, 5.41) is 5.66. The number of carbonyl (C=O) groups is 2. The summed E-state index contributed by atoms with van der Waals surface area (Å²) in [5.41, 5.74) is 2.23. The van der Waals surface area contributed by atoms with Gasteiger partial charge in [0.25, 0.3) is 0 Å². The Morgan fingerprint density at radius 2 is 1.45 bits per heavy atom. The largest absolute Gasteiger partial charge is 0.326 e. The van der Waals surface area contributed by atoms with Gasteiger partial charge in [-0.3, -0.25) is 9.59 Å². The third-order valence-electron chi connectivity index (χ3n) is 4.82. The second-order valence-corrected chi connectivity index (χ2v) is 10.0. The van der Waals surface area contributed by atoms with E-state index in [4.69, 9.17) is 0 Å². The second-order valence-electron chi connectivity index (χ2n) is 8.31. The van der Waals surface area contributed by atoms with Crippen LogP contribution in [0.5, 0.6) is 0 Å². The van der Waals surface area contributed by atoms with Gasteiger partial charge in [-0.25, -0.2) is 13.1 Å². The lowest BCUT2D eigenvalue weighted by Gasteiger charge is -2.09. The highest BCUT2D eigenvalue weighted by Crippen LogP contribution is 2.22.